The van der Waals surface area contributed by atoms with Gasteiger partial charge in [-0.25, -0.2) is 9.97 Å². The Kier molecular flexibility index (Phi) is 5.57. The molecule has 1 saturated heterocycles. The number of thiophene rings is 1. The Hall–Kier alpha value is -3.24. The molecule has 2 aliphatic rings. The highest BCUT2D eigenvalue weighted by Gasteiger charge is 2.44. The quantitative estimate of drug-likeness (QED) is 0.433. The lowest BCUT2D eigenvalue weighted by atomic mass is 9.71. The van der Waals surface area contributed by atoms with Crippen LogP contribution >= 0.6 is 11.3 Å². The molecule has 10 heteroatoms. The first-order chi connectivity index (χ1) is 17.1. The molecule has 1 fully saturated rings. The monoisotopic (exact) mass is 492 g/mol. The van der Waals surface area contributed by atoms with Gasteiger partial charge in [0.2, 0.25) is 5.91 Å². The predicted octanol–water partition coefficient (Wildman–Crippen LogP) is 4.06. The molecule has 1 aliphatic heterocycles. The molecule has 6 rings (SSSR count). The molecule has 9 nitrogen and oxygen atoms in total. The number of hydrogen-bond donors (Lipinski definition) is 2. The van der Waals surface area contributed by atoms with Crippen LogP contribution in [-0.4, -0.2) is 64.4 Å². The van der Waals surface area contributed by atoms with E-state index in [0.29, 0.717) is 32.1 Å². The first kappa shape index (κ1) is 22.2. The predicted molar refractivity (Wildman–Crippen MR) is 135 cm³/mol. The minimum Gasteiger partial charge on any atom is -0.494 e. The van der Waals surface area contributed by atoms with Crippen molar-refractivity contribution in [3.05, 3.63) is 35.1 Å². The second-order valence-corrected chi connectivity index (χ2v) is 10.3. The Morgan fingerprint density at radius 2 is 2.17 bits per heavy atom. The number of H-pyrrole nitrogens is 1. The van der Waals surface area contributed by atoms with Crippen molar-refractivity contribution in [2.75, 3.05) is 38.7 Å². The normalized spacial score (nSPS) is 20.2. The highest BCUT2D eigenvalue weighted by molar-refractivity contribution is 7.19. The largest absolute Gasteiger partial charge is 0.494 e. The number of methoxy groups -OCH3 is 1. The molecule has 0 radical (unpaired) electrons. The van der Waals surface area contributed by atoms with Gasteiger partial charge in [0.1, 0.15) is 22.7 Å². The molecule has 1 aliphatic carbocycles. The maximum atomic E-state index is 13.6. The summed E-state index contributed by atoms with van der Waals surface area (Å²) in [5.74, 6) is 1.74. The van der Waals surface area contributed by atoms with E-state index in [1.54, 1.807) is 31.0 Å². The van der Waals surface area contributed by atoms with Crippen LogP contribution in [0.2, 0.25) is 0 Å². The lowest BCUT2D eigenvalue weighted by Crippen LogP contribution is -2.50. The SMILES string of the molecule is CC[C@]1(C(=O)N2CCOCC2)CCc2c(sc3ncnc(Nc4cc5cn[nH]c5cc4OC)c23)C1. The van der Waals surface area contributed by atoms with E-state index in [9.17, 15) is 4.79 Å². The molecule has 4 heterocycles. The van der Waals surface area contributed by atoms with Crippen LogP contribution in [0.4, 0.5) is 11.5 Å². The number of amides is 1. The van der Waals surface area contributed by atoms with E-state index in [2.05, 4.69) is 32.4 Å². The molecule has 182 valence electrons. The van der Waals surface area contributed by atoms with Gasteiger partial charge in [0, 0.05) is 29.4 Å². The van der Waals surface area contributed by atoms with Crippen molar-refractivity contribution in [3.63, 3.8) is 0 Å². The van der Waals surface area contributed by atoms with E-state index in [4.69, 9.17) is 9.47 Å². The average molecular weight is 493 g/mol. The highest BCUT2D eigenvalue weighted by atomic mass is 32.1. The van der Waals surface area contributed by atoms with Gasteiger partial charge in [-0.05, 0) is 37.3 Å². The molecule has 0 spiro atoms. The Morgan fingerprint density at radius 3 is 2.97 bits per heavy atom. The van der Waals surface area contributed by atoms with Crippen molar-refractivity contribution in [2.45, 2.75) is 32.6 Å². The smallest absolute Gasteiger partial charge is 0.229 e. The van der Waals surface area contributed by atoms with Gasteiger partial charge in [0.05, 0.1) is 48.5 Å². The molecular formula is C25H28N6O3S. The first-order valence-electron chi connectivity index (χ1n) is 12.0. The van der Waals surface area contributed by atoms with Gasteiger partial charge in [-0.1, -0.05) is 6.92 Å². The maximum Gasteiger partial charge on any atom is 0.229 e. The van der Waals surface area contributed by atoms with Crippen LogP contribution in [0.1, 0.15) is 30.2 Å². The number of rotatable bonds is 5. The van der Waals surface area contributed by atoms with Gasteiger partial charge in [0.25, 0.3) is 0 Å². The molecule has 1 amide bonds. The molecular weight excluding hydrogens is 464 g/mol. The van der Waals surface area contributed by atoms with Gasteiger partial charge in [-0.2, -0.15) is 5.10 Å². The Labute approximate surface area is 206 Å². The summed E-state index contributed by atoms with van der Waals surface area (Å²) in [7, 11) is 1.65. The van der Waals surface area contributed by atoms with Gasteiger partial charge >= 0.3 is 0 Å². The fourth-order valence-corrected chi connectivity index (χ4v) is 6.73. The number of anilines is 2. The number of fused-ring (bicyclic) bond motifs is 4. The topological polar surface area (TPSA) is 105 Å². The molecule has 2 N–H and O–H groups in total. The molecule has 0 bridgehead atoms. The van der Waals surface area contributed by atoms with E-state index in [1.807, 2.05) is 17.0 Å². The van der Waals surface area contributed by atoms with Crippen molar-refractivity contribution in [1.29, 1.82) is 0 Å². The number of hydrogen-bond acceptors (Lipinski definition) is 8. The van der Waals surface area contributed by atoms with E-state index < -0.39 is 0 Å². The van der Waals surface area contributed by atoms with Crippen LogP contribution in [0.15, 0.2) is 24.7 Å². The average Bonchev–Trinajstić information content (AvgIpc) is 3.51. The number of carbonyl (C=O) groups excluding carboxylic acids is 1. The van der Waals surface area contributed by atoms with Gasteiger partial charge in [-0.3, -0.25) is 9.89 Å². The number of nitrogens with one attached hydrogen (secondary N) is 2. The number of aromatic nitrogens is 4. The van der Waals surface area contributed by atoms with E-state index in [0.717, 1.165) is 58.3 Å². The number of morpholine rings is 1. The Balaban J connectivity index is 1.36. The van der Waals surface area contributed by atoms with Crippen molar-refractivity contribution in [1.82, 2.24) is 25.1 Å². The fraction of sp³-hybridized carbons (Fsp3) is 0.440. The maximum absolute atomic E-state index is 13.6. The van der Waals surface area contributed by atoms with Crippen LogP contribution in [0.3, 0.4) is 0 Å². The van der Waals surface area contributed by atoms with Crippen LogP contribution in [0.5, 0.6) is 5.75 Å². The molecule has 4 aromatic rings. The lowest BCUT2D eigenvalue weighted by molar-refractivity contribution is -0.147. The molecule has 3 aromatic heterocycles. The standard InChI is InChI=1S/C25H28N6O3S/c1-3-25(24(32)31-6-8-34-9-7-31)5-4-16-20(12-25)35-23-21(16)22(26-14-27-23)29-18-10-15-13-28-30-17(15)11-19(18)33-2/h10-11,13-14H,3-9,12H2,1-2H3,(H,28,30)(H,26,27,29)/t25-/m0/s1. The van der Waals surface area contributed by atoms with Gasteiger partial charge in [0.15, 0.2) is 0 Å². The summed E-state index contributed by atoms with van der Waals surface area (Å²) >= 11 is 1.69. The van der Waals surface area contributed by atoms with Crippen molar-refractivity contribution < 1.29 is 14.3 Å². The molecule has 1 atom stereocenters. The third-order valence-electron chi connectivity index (χ3n) is 7.47. The third kappa shape index (κ3) is 3.71. The zero-order valence-corrected chi connectivity index (χ0v) is 20.7. The van der Waals surface area contributed by atoms with Crippen LogP contribution < -0.4 is 10.1 Å². The number of nitrogens with zero attached hydrogens (tertiary/aromatic N) is 4. The zero-order valence-electron chi connectivity index (χ0n) is 19.9. The second kappa shape index (κ2) is 8.76. The third-order valence-corrected chi connectivity index (χ3v) is 8.61. The van der Waals surface area contributed by atoms with Crippen LogP contribution in [0.25, 0.3) is 21.1 Å². The van der Waals surface area contributed by atoms with Crippen molar-refractivity contribution >= 4 is 49.9 Å². The van der Waals surface area contributed by atoms with Crippen LogP contribution in [0, 0.1) is 5.41 Å². The zero-order chi connectivity index (χ0) is 24.0. The summed E-state index contributed by atoms with van der Waals surface area (Å²) in [6.07, 6.45) is 6.63. The minimum atomic E-state index is -0.359. The van der Waals surface area contributed by atoms with Crippen LogP contribution in [-0.2, 0) is 22.4 Å². The first-order valence-corrected chi connectivity index (χ1v) is 12.8. The summed E-state index contributed by atoms with van der Waals surface area (Å²) in [4.78, 5) is 27.0. The summed E-state index contributed by atoms with van der Waals surface area (Å²) in [5, 5.41) is 12.6. The van der Waals surface area contributed by atoms with E-state index in [-0.39, 0.29) is 11.3 Å². The number of ether oxygens (including phenoxy) is 2. The lowest BCUT2D eigenvalue weighted by Gasteiger charge is -2.40. The highest BCUT2D eigenvalue weighted by Crippen LogP contribution is 2.47. The minimum absolute atomic E-state index is 0.272. The van der Waals surface area contributed by atoms with Crippen molar-refractivity contribution in [2.24, 2.45) is 5.41 Å². The number of aromatic amines is 1. The molecule has 1 aromatic carbocycles. The van der Waals surface area contributed by atoms with E-state index in [1.165, 1.54) is 10.4 Å². The van der Waals surface area contributed by atoms with Crippen molar-refractivity contribution in [3.8, 4) is 5.75 Å². The summed E-state index contributed by atoms with van der Waals surface area (Å²) in [6, 6.07) is 3.94. The Bertz CT molecular complexity index is 1410. The second-order valence-electron chi connectivity index (χ2n) is 9.26. The summed E-state index contributed by atoms with van der Waals surface area (Å²) < 4.78 is 11.1. The summed E-state index contributed by atoms with van der Waals surface area (Å²) in [5.41, 5.74) is 2.63. The van der Waals surface area contributed by atoms with Gasteiger partial charge < -0.3 is 19.7 Å². The van der Waals surface area contributed by atoms with E-state index >= 15 is 0 Å². The van der Waals surface area contributed by atoms with Gasteiger partial charge in [-0.15, -0.1) is 11.3 Å². The molecule has 0 saturated carbocycles. The fourth-order valence-electron chi connectivity index (χ4n) is 5.40. The number of benzene rings is 1. The molecule has 0 unspecified atom stereocenters. The number of carbonyl (C=O) groups is 1. The number of aryl methyl sites for hydroxylation is 1. The molecule has 35 heavy (non-hydrogen) atoms. The summed E-state index contributed by atoms with van der Waals surface area (Å²) in [6.45, 7) is 4.75. The Morgan fingerprint density at radius 1 is 1.31 bits per heavy atom.